The van der Waals surface area contributed by atoms with Gasteiger partial charge in [-0.2, -0.15) is 0 Å². The Morgan fingerprint density at radius 3 is 2.59 bits per heavy atom. The summed E-state index contributed by atoms with van der Waals surface area (Å²) in [7, 11) is 3.16. The van der Waals surface area contributed by atoms with Crippen LogP contribution in [0.3, 0.4) is 0 Å². The normalized spacial score (nSPS) is 10.4. The lowest BCUT2D eigenvalue weighted by atomic mass is 10.1. The largest absolute Gasteiger partial charge is 0.493 e. The van der Waals surface area contributed by atoms with Crippen LogP contribution in [-0.2, 0) is 6.42 Å². The summed E-state index contributed by atoms with van der Waals surface area (Å²) in [5.41, 5.74) is 1.56. The molecule has 3 rings (SSSR count). The van der Waals surface area contributed by atoms with Crippen LogP contribution in [0, 0.1) is 6.92 Å². The van der Waals surface area contributed by atoms with Gasteiger partial charge in [0.1, 0.15) is 10.8 Å². The molecule has 0 radical (unpaired) electrons. The Morgan fingerprint density at radius 2 is 1.90 bits per heavy atom. The number of amides is 2. The van der Waals surface area contributed by atoms with E-state index in [1.807, 2.05) is 18.2 Å². The van der Waals surface area contributed by atoms with E-state index in [4.69, 9.17) is 14.0 Å². The molecular weight excluding hydrogens is 394 g/mol. The molecule has 0 unspecified atom stereocenters. The number of anilines is 1. The van der Waals surface area contributed by atoms with Crippen molar-refractivity contribution in [1.29, 1.82) is 0 Å². The number of methoxy groups -OCH3 is 2. The highest BCUT2D eigenvalue weighted by molar-refractivity contribution is 7.14. The second kappa shape index (κ2) is 9.24. The van der Waals surface area contributed by atoms with Gasteiger partial charge in [-0.05, 0) is 42.5 Å². The highest BCUT2D eigenvalue weighted by Crippen LogP contribution is 2.28. The van der Waals surface area contributed by atoms with Gasteiger partial charge >= 0.3 is 0 Å². The first-order chi connectivity index (χ1) is 14.0. The second-order valence-electron chi connectivity index (χ2n) is 6.14. The standard InChI is InChI=1S/C20H21N3O5S/c1-12-10-15(23-28-12)19(25)22-20-14(7-9-29-20)18(24)21-8-6-13-4-5-16(26-2)17(11-13)27-3/h4-5,7,9-11H,6,8H2,1-3H3,(H,21,24)(H,22,25). The number of ether oxygens (including phenoxy) is 2. The van der Waals surface area contributed by atoms with Crippen molar-refractivity contribution in [2.45, 2.75) is 13.3 Å². The number of hydrogen-bond acceptors (Lipinski definition) is 7. The summed E-state index contributed by atoms with van der Waals surface area (Å²) in [6, 6.07) is 8.82. The Balaban J connectivity index is 1.58. The van der Waals surface area contributed by atoms with Crippen LogP contribution < -0.4 is 20.1 Å². The van der Waals surface area contributed by atoms with Gasteiger partial charge in [0.15, 0.2) is 17.2 Å². The quantitative estimate of drug-likeness (QED) is 0.585. The third-order valence-corrected chi connectivity index (χ3v) is 4.97. The molecule has 2 aromatic heterocycles. The van der Waals surface area contributed by atoms with Crippen LogP contribution in [0.15, 0.2) is 40.2 Å². The van der Waals surface area contributed by atoms with Gasteiger partial charge in [0.25, 0.3) is 11.8 Å². The molecule has 0 aliphatic carbocycles. The van der Waals surface area contributed by atoms with Crippen molar-refractivity contribution in [1.82, 2.24) is 10.5 Å². The van der Waals surface area contributed by atoms with Crippen molar-refractivity contribution in [3.8, 4) is 11.5 Å². The summed E-state index contributed by atoms with van der Waals surface area (Å²) in [6.07, 6.45) is 0.621. The highest BCUT2D eigenvalue weighted by Gasteiger charge is 2.17. The lowest BCUT2D eigenvalue weighted by molar-refractivity contribution is 0.0955. The number of carbonyl (C=O) groups is 2. The Hall–Kier alpha value is -3.33. The number of hydrogen-bond donors (Lipinski definition) is 2. The van der Waals surface area contributed by atoms with Crippen LogP contribution in [0.4, 0.5) is 5.00 Å². The zero-order chi connectivity index (χ0) is 20.8. The van der Waals surface area contributed by atoms with Gasteiger partial charge < -0.3 is 24.6 Å². The molecule has 0 spiro atoms. The van der Waals surface area contributed by atoms with Gasteiger partial charge in [-0.15, -0.1) is 11.3 Å². The first-order valence-corrected chi connectivity index (χ1v) is 9.71. The van der Waals surface area contributed by atoms with E-state index in [2.05, 4.69) is 15.8 Å². The summed E-state index contributed by atoms with van der Waals surface area (Å²) in [6.45, 7) is 2.13. The van der Waals surface area contributed by atoms with E-state index in [-0.39, 0.29) is 11.6 Å². The average Bonchev–Trinajstić information content (AvgIpc) is 3.36. The maximum Gasteiger partial charge on any atom is 0.278 e. The van der Waals surface area contributed by atoms with Gasteiger partial charge in [-0.25, -0.2) is 0 Å². The van der Waals surface area contributed by atoms with E-state index in [0.29, 0.717) is 40.8 Å². The van der Waals surface area contributed by atoms with Crippen LogP contribution in [0.1, 0.15) is 32.2 Å². The zero-order valence-corrected chi connectivity index (χ0v) is 17.1. The highest BCUT2D eigenvalue weighted by atomic mass is 32.1. The van der Waals surface area contributed by atoms with E-state index in [1.54, 1.807) is 32.6 Å². The zero-order valence-electron chi connectivity index (χ0n) is 16.3. The van der Waals surface area contributed by atoms with Crippen LogP contribution in [0.2, 0.25) is 0 Å². The molecule has 0 aliphatic rings. The molecule has 3 aromatic rings. The molecule has 0 saturated carbocycles. The molecule has 0 saturated heterocycles. The molecule has 0 aliphatic heterocycles. The topological polar surface area (TPSA) is 103 Å². The van der Waals surface area contributed by atoms with Crippen LogP contribution in [0.5, 0.6) is 11.5 Å². The number of carbonyl (C=O) groups excluding carboxylic acids is 2. The summed E-state index contributed by atoms with van der Waals surface area (Å²) >= 11 is 1.26. The Labute approximate surface area is 171 Å². The van der Waals surface area contributed by atoms with Crippen LogP contribution in [-0.4, -0.2) is 37.7 Å². The van der Waals surface area contributed by atoms with Gasteiger partial charge in [0.05, 0.1) is 19.8 Å². The molecule has 2 amide bonds. The lowest BCUT2D eigenvalue weighted by Crippen LogP contribution is -2.26. The third kappa shape index (κ3) is 4.94. The molecule has 0 atom stereocenters. The number of benzene rings is 1. The summed E-state index contributed by atoms with van der Waals surface area (Å²) in [5, 5.41) is 11.4. The first-order valence-electron chi connectivity index (χ1n) is 8.83. The van der Waals surface area contributed by atoms with E-state index in [9.17, 15) is 9.59 Å². The number of thiophene rings is 1. The molecule has 9 heteroatoms. The average molecular weight is 415 g/mol. The van der Waals surface area contributed by atoms with Gasteiger partial charge in [0.2, 0.25) is 0 Å². The maximum atomic E-state index is 12.5. The Kier molecular flexibility index (Phi) is 6.50. The van der Waals surface area contributed by atoms with Gasteiger partial charge in [-0.1, -0.05) is 11.2 Å². The lowest BCUT2D eigenvalue weighted by Gasteiger charge is -2.10. The fourth-order valence-electron chi connectivity index (χ4n) is 2.68. The van der Waals surface area contributed by atoms with Crippen LogP contribution in [0.25, 0.3) is 0 Å². The van der Waals surface area contributed by atoms with Crippen molar-refractivity contribution in [3.05, 3.63) is 58.3 Å². The summed E-state index contributed by atoms with van der Waals surface area (Å²) < 4.78 is 15.4. The number of nitrogens with one attached hydrogen (secondary N) is 2. The SMILES string of the molecule is COc1ccc(CCNC(=O)c2ccsc2NC(=O)c2cc(C)on2)cc1OC. The van der Waals surface area contributed by atoms with E-state index >= 15 is 0 Å². The van der Waals surface area contributed by atoms with Gasteiger partial charge in [-0.3, -0.25) is 9.59 Å². The minimum absolute atomic E-state index is 0.163. The van der Waals surface area contributed by atoms with E-state index in [1.165, 1.54) is 17.4 Å². The van der Waals surface area contributed by atoms with Gasteiger partial charge in [0, 0.05) is 12.6 Å². The Bertz CT molecular complexity index is 1010. The van der Waals surface area contributed by atoms with Crippen molar-refractivity contribution < 1.29 is 23.6 Å². The van der Waals surface area contributed by atoms with Crippen LogP contribution >= 0.6 is 11.3 Å². The minimum Gasteiger partial charge on any atom is -0.493 e. The number of aromatic nitrogens is 1. The van der Waals surface area contributed by atoms with Crippen molar-refractivity contribution in [2.75, 3.05) is 26.1 Å². The fraction of sp³-hybridized carbons (Fsp3) is 0.250. The maximum absolute atomic E-state index is 12.5. The molecule has 0 bridgehead atoms. The monoisotopic (exact) mass is 415 g/mol. The first kappa shape index (κ1) is 20.4. The number of aryl methyl sites for hydroxylation is 1. The smallest absolute Gasteiger partial charge is 0.278 e. The van der Waals surface area contributed by atoms with Crippen molar-refractivity contribution >= 4 is 28.2 Å². The molecule has 2 N–H and O–H groups in total. The van der Waals surface area contributed by atoms with E-state index in [0.717, 1.165) is 5.56 Å². The third-order valence-electron chi connectivity index (χ3n) is 4.14. The molecular formula is C20H21N3O5S. The predicted octanol–water partition coefficient (Wildman–Crippen LogP) is 3.29. The van der Waals surface area contributed by atoms with E-state index < -0.39 is 5.91 Å². The minimum atomic E-state index is -0.427. The molecule has 29 heavy (non-hydrogen) atoms. The fourth-order valence-corrected chi connectivity index (χ4v) is 3.46. The molecule has 8 nitrogen and oxygen atoms in total. The summed E-state index contributed by atoms with van der Waals surface area (Å²) in [4.78, 5) is 24.8. The number of nitrogens with zero attached hydrogens (tertiary/aromatic N) is 1. The summed E-state index contributed by atoms with van der Waals surface area (Å²) in [5.74, 6) is 1.14. The molecule has 152 valence electrons. The van der Waals surface area contributed by atoms with Crippen molar-refractivity contribution in [2.24, 2.45) is 0 Å². The molecule has 1 aromatic carbocycles. The molecule has 0 fully saturated rings. The molecule has 2 heterocycles. The second-order valence-corrected chi connectivity index (χ2v) is 7.05. The Morgan fingerprint density at radius 1 is 1.10 bits per heavy atom. The van der Waals surface area contributed by atoms with Crippen molar-refractivity contribution in [3.63, 3.8) is 0 Å². The number of rotatable bonds is 8. The predicted molar refractivity (Wildman–Crippen MR) is 109 cm³/mol.